The van der Waals surface area contributed by atoms with Crippen LogP contribution in [0.15, 0.2) is 48.5 Å². The number of carbonyl (C=O) groups is 2. The zero-order chi connectivity index (χ0) is 21.3. The van der Waals surface area contributed by atoms with Gasteiger partial charge in [0.1, 0.15) is 17.6 Å². The molecular weight excluding hydrogens is 382 g/mol. The van der Waals surface area contributed by atoms with Gasteiger partial charge in [0, 0.05) is 30.2 Å². The van der Waals surface area contributed by atoms with E-state index in [1.165, 1.54) is 6.08 Å². The third-order valence-electron chi connectivity index (χ3n) is 4.65. The first-order chi connectivity index (χ1) is 14.5. The van der Waals surface area contributed by atoms with Crippen molar-refractivity contribution in [3.8, 4) is 11.5 Å². The fourth-order valence-corrected chi connectivity index (χ4v) is 3.25. The molecule has 0 radical (unpaired) electrons. The van der Waals surface area contributed by atoms with Gasteiger partial charge in [0.2, 0.25) is 0 Å². The van der Waals surface area contributed by atoms with Gasteiger partial charge in [-0.2, -0.15) is 0 Å². The van der Waals surface area contributed by atoms with E-state index in [2.05, 4.69) is 5.32 Å². The van der Waals surface area contributed by atoms with E-state index in [9.17, 15) is 9.59 Å². The average molecular weight is 409 g/mol. The molecule has 1 aliphatic rings. The van der Waals surface area contributed by atoms with E-state index in [4.69, 9.17) is 14.2 Å². The molecule has 2 aromatic rings. The SMILES string of the molecule is CCOc1cc2c(cc1/C=C/C(=O)OCC(=O)NCCc1ccccc1)O[C@@H](C)C2. The van der Waals surface area contributed by atoms with Gasteiger partial charge in [-0.1, -0.05) is 30.3 Å². The van der Waals surface area contributed by atoms with E-state index in [0.717, 1.165) is 35.3 Å². The highest BCUT2D eigenvalue weighted by Crippen LogP contribution is 2.35. The Morgan fingerprint density at radius 1 is 1.23 bits per heavy atom. The number of rotatable bonds is 9. The van der Waals surface area contributed by atoms with Crippen molar-refractivity contribution in [2.24, 2.45) is 0 Å². The van der Waals surface area contributed by atoms with E-state index >= 15 is 0 Å². The molecule has 6 heteroatoms. The second-order valence-corrected chi connectivity index (χ2v) is 7.09. The van der Waals surface area contributed by atoms with E-state index in [1.807, 2.05) is 56.3 Å². The lowest BCUT2D eigenvalue weighted by Gasteiger charge is -2.10. The summed E-state index contributed by atoms with van der Waals surface area (Å²) in [5, 5.41) is 2.74. The highest BCUT2D eigenvalue weighted by Gasteiger charge is 2.21. The fraction of sp³-hybridized carbons (Fsp3) is 0.333. The van der Waals surface area contributed by atoms with Crippen LogP contribution in [0, 0.1) is 0 Å². The van der Waals surface area contributed by atoms with Gasteiger partial charge < -0.3 is 19.5 Å². The summed E-state index contributed by atoms with van der Waals surface area (Å²) < 4.78 is 16.5. The Labute approximate surface area is 176 Å². The summed E-state index contributed by atoms with van der Waals surface area (Å²) >= 11 is 0. The number of benzene rings is 2. The minimum atomic E-state index is -0.592. The van der Waals surface area contributed by atoms with Crippen LogP contribution >= 0.6 is 0 Å². The summed E-state index contributed by atoms with van der Waals surface area (Å²) in [7, 11) is 0. The normalized spacial score (nSPS) is 14.8. The molecule has 1 heterocycles. The molecule has 0 saturated carbocycles. The zero-order valence-corrected chi connectivity index (χ0v) is 17.4. The largest absolute Gasteiger partial charge is 0.493 e. The molecule has 1 N–H and O–H groups in total. The fourth-order valence-electron chi connectivity index (χ4n) is 3.25. The number of nitrogens with one attached hydrogen (secondary N) is 1. The molecule has 2 aromatic carbocycles. The molecule has 1 atom stereocenters. The van der Waals surface area contributed by atoms with Crippen LogP contribution in [0.1, 0.15) is 30.5 Å². The Hall–Kier alpha value is -3.28. The highest BCUT2D eigenvalue weighted by atomic mass is 16.5. The summed E-state index contributed by atoms with van der Waals surface area (Å²) in [5.74, 6) is 0.571. The van der Waals surface area contributed by atoms with Crippen LogP contribution in [0.3, 0.4) is 0 Å². The maximum absolute atomic E-state index is 12.0. The number of amides is 1. The minimum absolute atomic E-state index is 0.124. The number of carbonyl (C=O) groups excluding carboxylic acids is 2. The van der Waals surface area contributed by atoms with Gasteiger partial charge in [-0.15, -0.1) is 0 Å². The third-order valence-corrected chi connectivity index (χ3v) is 4.65. The maximum Gasteiger partial charge on any atom is 0.331 e. The Morgan fingerprint density at radius 2 is 2.03 bits per heavy atom. The van der Waals surface area contributed by atoms with Crippen LogP contribution in [-0.2, 0) is 27.2 Å². The van der Waals surface area contributed by atoms with Gasteiger partial charge in [-0.05, 0) is 44.0 Å². The molecule has 1 aliphatic heterocycles. The van der Waals surface area contributed by atoms with Crippen molar-refractivity contribution in [1.29, 1.82) is 0 Å². The number of hydrogen-bond donors (Lipinski definition) is 1. The lowest BCUT2D eigenvalue weighted by atomic mass is 10.1. The second-order valence-electron chi connectivity index (χ2n) is 7.09. The molecule has 6 nitrogen and oxygen atoms in total. The molecule has 3 rings (SSSR count). The molecule has 30 heavy (non-hydrogen) atoms. The van der Waals surface area contributed by atoms with Crippen molar-refractivity contribution < 1.29 is 23.8 Å². The van der Waals surface area contributed by atoms with E-state index in [0.29, 0.717) is 18.9 Å². The van der Waals surface area contributed by atoms with E-state index in [-0.39, 0.29) is 18.6 Å². The van der Waals surface area contributed by atoms with Crippen LogP contribution in [0.2, 0.25) is 0 Å². The average Bonchev–Trinajstić information content (AvgIpc) is 3.10. The van der Waals surface area contributed by atoms with Gasteiger partial charge >= 0.3 is 5.97 Å². The molecule has 0 aromatic heterocycles. The first-order valence-corrected chi connectivity index (χ1v) is 10.2. The van der Waals surface area contributed by atoms with Crippen molar-refractivity contribution in [2.75, 3.05) is 19.8 Å². The van der Waals surface area contributed by atoms with Crippen molar-refractivity contribution in [3.05, 3.63) is 65.2 Å². The minimum Gasteiger partial charge on any atom is -0.493 e. The number of hydrogen-bond acceptors (Lipinski definition) is 5. The summed E-state index contributed by atoms with van der Waals surface area (Å²) in [6, 6.07) is 13.7. The second kappa shape index (κ2) is 10.5. The van der Waals surface area contributed by atoms with Gasteiger partial charge in [0.15, 0.2) is 6.61 Å². The monoisotopic (exact) mass is 409 g/mol. The quantitative estimate of drug-likeness (QED) is 0.508. The molecule has 0 aliphatic carbocycles. The van der Waals surface area contributed by atoms with Crippen molar-refractivity contribution >= 4 is 18.0 Å². The molecule has 1 amide bonds. The van der Waals surface area contributed by atoms with Gasteiger partial charge in [-0.25, -0.2) is 4.79 Å². The third kappa shape index (κ3) is 6.11. The van der Waals surface area contributed by atoms with Gasteiger partial charge in [0.25, 0.3) is 5.91 Å². The topological polar surface area (TPSA) is 73.9 Å². The smallest absolute Gasteiger partial charge is 0.331 e. The maximum atomic E-state index is 12.0. The Kier molecular flexibility index (Phi) is 7.49. The van der Waals surface area contributed by atoms with E-state index < -0.39 is 5.97 Å². The van der Waals surface area contributed by atoms with Gasteiger partial charge in [0.05, 0.1) is 6.61 Å². The number of esters is 1. The lowest BCUT2D eigenvalue weighted by molar-refractivity contribution is -0.143. The van der Waals surface area contributed by atoms with Crippen LogP contribution in [0.25, 0.3) is 6.08 Å². The molecule has 0 fully saturated rings. The summed E-state index contributed by atoms with van der Waals surface area (Å²) in [4.78, 5) is 23.9. The summed E-state index contributed by atoms with van der Waals surface area (Å²) in [6.45, 7) is 4.61. The molecule has 0 bridgehead atoms. The van der Waals surface area contributed by atoms with Crippen LogP contribution in [0.4, 0.5) is 0 Å². The van der Waals surface area contributed by atoms with Crippen molar-refractivity contribution in [3.63, 3.8) is 0 Å². The molecule has 0 spiro atoms. The standard InChI is InChI=1S/C24H27NO5/c1-3-28-21-15-20-13-17(2)30-22(20)14-19(21)9-10-24(27)29-16-23(26)25-12-11-18-7-5-4-6-8-18/h4-10,14-15,17H,3,11-13,16H2,1-2H3,(H,25,26)/b10-9+/t17-/m0/s1. The molecule has 0 saturated heterocycles. The molecule has 0 unspecified atom stereocenters. The first kappa shape index (κ1) is 21.4. The zero-order valence-electron chi connectivity index (χ0n) is 17.4. The van der Waals surface area contributed by atoms with Crippen LogP contribution in [-0.4, -0.2) is 37.7 Å². The number of ether oxygens (including phenoxy) is 3. The first-order valence-electron chi connectivity index (χ1n) is 10.2. The predicted molar refractivity (Wildman–Crippen MR) is 115 cm³/mol. The van der Waals surface area contributed by atoms with Crippen molar-refractivity contribution in [2.45, 2.75) is 32.8 Å². The predicted octanol–water partition coefficient (Wildman–Crippen LogP) is 3.32. The van der Waals surface area contributed by atoms with Crippen LogP contribution < -0.4 is 14.8 Å². The van der Waals surface area contributed by atoms with Gasteiger partial charge in [-0.3, -0.25) is 4.79 Å². The number of fused-ring (bicyclic) bond motifs is 1. The van der Waals surface area contributed by atoms with E-state index in [1.54, 1.807) is 6.08 Å². The molecule has 158 valence electrons. The Balaban J connectivity index is 1.48. The van der Waals surface area contributed by atoms with Crippen molar-refractivity contribution in [1.82, 2.24) is 5.32 Å². The highest BCUT2D eigenvalue weighted by molar-refractivity contribution is 5.89. The summed E-state index contributed by atoms with van der Waals surface area (Å²) in [5.41, 5.74) is 2.96. The molecular formula is C24H27NO5. The lowest BCUT2D eigenvalue weighted by Crippen LogP contribution is -2.30. The summed E-state index contributed by atoms with van der Waals surface area (Å²) in [6.07, 6.45) is 4.59. The Morgan fingerprint density at radius 3 is 2.80 bits per heavy atom. The van der Waals surface area contributed by atoms with Crippen LogP contribution in [0.5, 0.6) is 11.5 Å². The Bertz CT molecular complexity index is 907.